The van der Waals surface area contributed by atoms with Gasteiger partial charge < -0.3 is 5.11 Å². The standard InChI is InChI=1S/C9H8Br2O/c10-9(11)6-8(9,12)7-4-2-1-3-5-7/h1-5,12H,6H2. The molecule has 1 aliphatic rings. The molecule has 0 aromatic heterocycles. The van der Waals surface area contributed by atoms with Crippen molar-refractivity contribution in [2.45, 2.75) is 15.3 Å². The Morgan fingerprint density at radius 3 is 2.08 bits per heavy atom. The zero-order chi connectivity index (χ0) is 8.82. The lowest BCUT2D eigenvalue weighted by Gasteiger charge is -2.10. The minimum absolute atomic E-state index is 0.311. The van der Waals surface area contributed by atoms with Gasteiger partial charge in [-0.25, -0.2) is 0 Å². The van der Waals surface area contributed by atoms with Crippen molar-refractivity contribution in [2.24, 2.45) is 0 Å². The summed E-state index contributed by atoms with van der Waals surface area (Å²) in [6.07, 6.45) is 0.712. The van der Waals surface area contributed by atoms with Crippen LogP contribution in [0.2, 0.25) is 0 Å². The summed E-state index contributed by atoms with van der Waals surface area (Å²) in [5, 5.41) is 10.0. The number of hydrogen-bond acceptors (Lipinski definition) is 1. The van der Waals surface area contributed by atoms with Crippen LogP contribution < -0.4 is 0 Å². The average Bonchev–Trinajstić information content (AvgIpc) is 2.55. The van der Waals surface area contributed by atoms with Gasteiger partial charge >= 0.3 is 0 Å². The molecule has 0 heterocycles. The molecule has 1 saturated carbocycles. The molecule has 0 spiro atoms. The van der Waals surface area contributed by atoms with E-state index in [-0.39, 0.29) is 3.23 Å². The zero-order valence-electron chi connectivity index (χ0n) is 6.30. The highest BCUT2D eigenvalue weighted by Crippen LogP contribution is 2.65. The van der Waals surface area contributed by atoms with E-state index in [1.54, 1.807) is 0 Å². The molecule has 64 valence electrons. The van der Waals surface area contributed by atoms with Gasteiger partial charge in [0.2, 0.25) is 0 Å². The van der Waals surface area contributed by atoms with E-state index in [2.05, 4.69) is 31.9 Å². The van der Waals surface area contributed by atoms with Gasteiger partial charge in [-0.15, -0.1) is 0 Å². The van der Waals surface area contributed by atoms with E-state index < -0.39 is 5.60 Å². The van der Waals surface area contributed by atoms with Crippen molar-refractivity contribution < 1.29 is 5.11 Å². The lowest BCUT2D eigenvalue weighted by Crippen LogP contribution is -2.12. The molecule has 1 fully saturated rings. The first-order chi connectivity index (χ1) is 5.56. The molecule has 1 atom stereocenters. The summed E-state index contributed by atoms with van der Waals surface area (Å²) in [5.41, 5.74) is 0.229. The van der Waals surface area contributed by atoms with Crippen molar-refractivity contribution in [1.29, 1.82) is 0 Å². The van der Waals surface area contributed by atoms with Crippen LogP contribution in [-0.2, 0) is 5.60 Å². The number of alkyl halides is 2. The van der Waals surface area contributed by atoms with E-state index in [4.69, 9.17) is 0 Å². The summed E-state index contributed by atoms with van der Waals surface area (Å²) in [6, 6.07) is 9.68. The first kappa shape index (κ1) is 8.73. The minimum atomic E-state index is -0.728. The maximum absolute atomic E-state index is 10.0. The molecule has 3 heteroatoms. The highest BCUT2D eigenvalue weighted by molar-refractivity contribution is 9.25. The summed E-state index contributed by atoms with van der Waals surface area (Å²) in [7, 11) is 0. The summed E-state index contributed by atoms with van der Waals surface area (Å²) in [5.74, 6) is 0. The Balaban J connectivity index is 2.35. The molecule has 0 radical (unpaired) electrons. The fourth-order valence-electron chi connectivity index (χ4n) is 1.30. The van der Waals surface area contributed by atoms with Crippen molar-refractivity contribution >= 4 is 31.9 Å². The van der Waals surface area contributed by atoms with E-state index in [9.17, 15) is 5.11 Å². The molecule has 1 nitrogen and oxygen atoms in total. The van der Waals surface area contributed by atoms with E-state index in [0.29, 0.717) is 6.42 Å². The molecule has 0 aliphatic heterocycles. The molecule has 2 rings (SSSR count). The normalized spacial score (nSPS) is 31.6. The first-order valence-corrected chi connectivity index (χ1v) is 5.31. The second kappa shape index (κ2) is 2.56. The Hall–Kier alpha value is 0.140. The van der Waals surface area contributed by atoms with Gasteiger partial charge in [0.25, 0.3) is 0 Å². The van der Waals surface area contributed by atoms with Gasteiger partial charge in [0.15, 0.2) is 0 Å². The van der Waals surface area contributed by atoms with Crippen LogP contribution in [0.15, 0.2) is 30.3 Å². The van der Waals surface area contributed by atoms with E-state index in [0.717, 1.165) is 5.56 Å². The Morgan fingerprint density at radius 1 is 1.17 bits per heavy atom. The predicted octanol–water partition coefficient (Wildman–Crippen LogP) is 2.76. The van der Waals surface area contributed by atoms with Crippen LogP contribution in [0.5, 0.6) is 0 Å². The Labute approximate surface area is 88.0 Å². The highest BCUT2D eigenvalue weighted by atomic mass is 79.9. The van der Waals surface area contributed by atoms with Crippen molar-refractivity contribution in [2.75, 3.05) is 0 Å². The van der Waals surface area contributed by atoms with Gasteiger partial charge in [-0.1, -0.05) is 62.2 Å². The molecular weight excluding hydrogens is 284 g/mol. The smallest absolute Gasteiger partial charge is 0.117 e. The minimum Gasteiger partial charge on any atom is -0.383 e. The number of halogens is 2. The maximum Gasteiger partial charge on any atom is 0.117 e. The van der Waals surface area contributed by atoms with Crippen molar-refractivity contribution in [1.82, 2.24) is 0 Å². The van der Waals surface area contributed by atoms with Crippen LogP contribution in [0.4, 0.5) is 0 Å². The Morgan fingerprint density at radius 2 is 1.67 bits per heavy atom. The van der Waals surface area contributed by atoms with Gasteiger partial charge in [-0.3, -0.25) is 0 Å². The van der Waals surface area contributed by atoms with Gasteiger partial charge in [0.1, 0.15) is 8.83 Å². The third-order valence-corrected chi connectivity index (χ3v) is 4.08. The Kier molecular flexibility index (Phi) is 1.86. The number of aliphatic hydroxyl groups is 1. The zero-order valence-corrected chi connectivity index (χ0v) is 9.47. The van der Waals surface area contributed by atoms with Crippen LogP contribution in [0.1, 0.15) is 12.0 Å². The molecular formula is C9H8Br2O. The van der Waals surface area contributed by atoms with Gasteiger partial charge in [0, 0.05) is 6.42 Å². The van der Waals surface area contributed by atoms with Crippen LogP contribution in [0, 0.1) is 0 Å². The topological polar surface area (TPSA) is 20.2 Å². The fourth-order valence-corrected chi connectivity index (χ4v) is 2.57. The molecule has 1 aromatic carbocycles. The third kappa shape index (κ3) is 1.15. The van der Waals surface area contributed by atoms with Crippen molar-refractivity contribution in [3.05, 3.63) is 35.9 Å². The quantitative estimate of drug-likeness (QED) is 0.789. The molecule has 1 aliphatic carbocycles. The molecule has 1 N–H and O–H groups in total. The van der Waals surface area contributed by atoms with Gasteiger partial charge in [-0.2, -0.15) is 0 Å². The number of benzene rings is 1. The lowest BCUT2D eigenvalue weighted by molar-refractivity contribution is 0.151. The number of rotatable bonds is 1. The summed E-state index contributed by atoms with van der Waals surface area (Å²) in [6.45, 7) is 0. The first-order valence-electron chi connectivity index (χ1n) is 3.72. The van der Waals surface area contributed by atoms with Crippen LogP contribution >= 0.6 is 31.9 Å². The predicted molar refractivity (Wildman–Crippen MR) is 55.5 cm³/mol. The van der Waals surface area contributed by atoms with Crippen LogP contribution in [-0.4, -0.2) is 8.34 Å². The van der Waals surface area contributed by atoms with E-state index in [1.165, 1.54) is 0 Å². The van der Waals surface area contributed by atoms with Crippen LogP contribution in [0.3, 0.4) is 0 Å². The third-order valence-electron chi connectivity index (χ3n) is 2.21. The number of hydrogen-bond donors (Lipinski definition) is 1. The summed E-state index contributed by atoms with van der Waals surface area (Å²) < 4.78 is -0.311. The monoisotopic (exact) mass is 290 g/mol. The molecule has 0 bridgehead atoms. The molecule has 0 amide bonds. The van der Waals surface area contributed by atoms with Gasteiger partial charge in [-0.05, 0) is 5.56 Å². The average molecular weight is 292 g/mol. The molecule has 12 heavy (non-hydrogen) atoms. The molecule has 1 aromatic rings. The van der Waals surface area contributed by atoms with E-state index in [1.807, 2.05) is 30.3 Å². The fraction of sp³-hybridized carbons (Fsp3) is 0.333. The maximum atomic E-state index is 10.0. The molecule has 0 saturated heterocycles. The highest BCUT2D eigenvalue weighted by Gasteiger charge is 2.65. The van der Waals surface area contributed by atoms with E-state index >= 15 is 0 Å². The SMILES string of the molecule is OC1(c2ccccc2)CC1(Br)Br. The van der Waals surface area contributed by atoms with Crippen molar-refractivity contribution in [3.8, 4) is 0 Å². The second-order valence-corrected chi connectivity index (χ2v) is 6.88. The second-order valence-electron chi connectivity index (χ2n) is 3.11. The largest absolute Gasteiger partial charge is 0.383 e. The van der Waals surface area contributed by atoms with Crippen LogP contribution in [0.25, 0.3) is 0 Å². The lowest BCUT2D eigenvalue weighted by atomic mass is 10.1. The van der Waals surface area contributed by atoms with Gasteiger partial charge in [0.05, 0.1) is 0 Å². The summed E-state index contributed by atoms with van der Waals surface area (Å²) >= 11 is 6.82. The Bertz CT molecular complexity index is 297. The summed E-state index contributed by atoms with van der Waals surface area (Å²) in [4.78, 5) is 0. The molecule has 1 unspecified atom stereocenters. The van der Waals surface area contributed by atoms with Crippen molar-refractivity contribution in [3.63, 3.8) is 0 Å².